The number of hydrogen-bond donors (Lipinski definition) is 0. The molecule has 3 aromatic carbocycles. The van der Waals surface area contributed by atoms with E-state index in [4.69, 9.17) is 11.3 Å². The zero-order valence-electron chi connectivity index (χ0n) is 23.7. The molecule has 0 unspecified atom stereocenters. The molecule has 3 nitrogen and oxygen atoms in total. The lowest BCUT2D eigenvalue weighted by molar-refractivity contribution is -0.667. The molecule has 32 heavy (non-hydrogen) atoms. The van der Waals surface area contributed by atoms with Gasteiger partial charge in [0, 0.05) is 34.9 Å². The molecule has 5 aromatic rings. The third kappa shape index (κ3) is 2.84. The molecule has 0 atom stereocenters. The molecular formula is C29H25N2O+. The molecule has 0 radical (unpaired) electrons. The summed E-state index contributed by atoms with van der Waals surface area (Å²) in [4.78, 5) is 0. The number of nitrogens with zero attached hydrogens (tertiary/aromatic N) is 2. The van der Waals surface area contributed by atoms with E-state index in [1.165, 1.54) is 5.56 Å². The predicted octanol–water partition coefficient (Wildman–Crippen LogP) is 6.85. The third-order valence-corrected chi connectivity index (χ3v) is 6.50. The first-order chi connectivity index (χ1) is 17.5. The van der Waals surface area contributed by atoms with E-state index in [0.717, 1.165) is 33.5 Å². The van der Waals surface area contributed by atoms with Crippen LogP contribution in [0.4, 0.5) is 0 Å². The summed E-state index contributed by atoms with van der Waals surface area (Å²) in [5.41, 5.74) is 8.02. The SMILES string of the molecule is [2H]c1c([2H])c([2H])c(-c2ccc(C#N)c3c2oc2c(-c4cc(C)c(C)c(C)[n+]4C)c(C)ccc23)c([2H])c1[2H]. The van der Waals surface area contributed by atoms with Crippen LogP contribution in [0.1, 0.15) is 34.8 Å². The van der Waals surface area contributed by atoms with Crippen LogP contribution >= 0.6 is 0 Å². The van der Waals surface area contributed by atoms with Gasteiger partial charge in [0.2, 0.25) is 5.69 Å². The summed E-state index contributed by atoms with van der Waals surface area (Å²) >= 11 is 0. The molecule has 0 fully saturated rings. The molecule has 0 spiro atoms. The van der Waals surface area contributed by atoms with E-state index in [1.54, 1.807) is 12.1 Å². The topological polar surface area (TPSA) is 40.8 Å². The molecule has 3 heteroatoms. The maximum Gasteiger partial charge on any atom is 0.216 e. The van der Waals surface area contributed by atoms with Crippen LogP contribution < -0.4 is 4.57 Å². The van der Waals surface area contributed by atoms with Crippen LogP contribution in [0.15, 0.2) is 65.0 Å². The standard InChI is InChI=1S/C29H25N2O/c1-17-11-13-24-27-22(16-30)12-14-23(21-9-7-6-8-10-21)28(27)32-29(24)26(17)25-15-18(2)19(3)20(4)31(25)5/h6-15H,1-5H3/q+1/i6D,7D,8D,9D,10D. The van der Waals surface area contributed by atoms with Crippen molar-refractivity contribution in [3.63, 3.8) is 0 Å². The van der Waals surface area contributed by atoms with Crippen molar-refractivity contribution in [2.75, 3.05) is 0 Å². The highest BCUT2D eigenvalue weighted by atomic mass is 16.3. The Hall–Kier alpha value is -3.90. The summed E-state index contributed by atoms with van der Waals surface area (Å²) in [6, 6.07) is 9.57. The van der Waals surface area contributed by atoms with E-state index in [2.05, 4.69) is 37.5 Å². The molecule has 0 saturated heterocycles. The number of aryl methyl sites for hydroxylation is 2. The van der Waals surface area contributed by atoms with Crippen LogP contribution in [0.2, 0.25) is 0 Å². The molecule has 2 heterocycles. The van der Waals surface area contributed by atoms with E-state index in [0.29, 0.717) is 27.7 Å². The molecule has 0 saturated carbocycles. The lowest BCUT2D eigenvalue weighted by atomic mass is 9.95. The van der Waals surface area contributed by atoms with E-state index >= 15 is 0 Å². The van der Waals surface area contributed by atoms with Crippen molar-refractivity contribution in [3.8, 4) is 28.5 Å². The Morgan fingerprint density at radius 1 is 0.938 bits per heavy atom. The van der Waals surface area contributed by atoms with Gasteiger partial charge in [-0.15, -0.1) is 0 Å². The highest BCUT2D eigenvalue weighted by molar-refractivity contribution is 6.15. The maximum absolute atomic E-state index is 9.94. The van der Waals surface area contributed by atoms with Gasteiger partial charge in [0.15, 0.2) is 5.69 Å². The molecule has 0 bridgehead atoms. The summed E-state index contributed by atoms with van der Waals surface area (Å²) in [6.07, 6.45) is 0. The third-order valence-electron chi connectivity index (χ3n) is 6.50. The van der Waals surface area contributed by atoms with Crippen LogP contribution in [0.3, 0.4) is 0 Å². The van der Waals surface area contributed by atoms with Crippen LogP contribution in [0.25, 0.3) is 44.3 Å². The molecule has 156 valence electrons. The van der Waals surface area contributed by atoms with Gasteiger partial charge in [0.1, 0.15) is 18.2 Å². The number of hydrogen-bond acceptors (Lipinski definition) is 2. The van der Waals surface area contributed by atoms with Crippen LogP contribution in [0, 0.1) is 39.0 Å². The van der Waals surface area contributed by atoms with Crippen LogP contribution in [-0.4, -0.2) is 0 Å². The molecule has 0 aliphatic carbocycles. The van der Waals surface area contributed by atoms with Crippen molar-refractivity contribution in [2.45, 2.75) is 27.7 Å². The van der Waals surface area contributed by atoms with Gasteiger partial charge >= 0.3 is 0 Å². The number of rotatable bonds is 2. The van der Waals surface area contributed by atoms with E-state index < -0.39 is 18.1 Å². The molecule has 0 aliphatic rings. The fourth-order valence-corrected chi connectivity index (χ4v) is 4.40. The van der Waals surface area contributed by atoms with Crippen molar-refractivity contribution < 1.29 is 15.8 Å². The minimum Gasteiger partial charge on any atom is -0.454 e. The van der Waals surface area contributed by atoms with Crippen molar-refractivity contribution in [1.82, 2.24) is 0 Å². The molecular weight excluding hydrogens is 392 g/mol. The Morgan fingerprint density at radius 3 is 2.41 bits per heavy atom. The molecule has 0 amide bonds. The Kier molecular flexibility index (Phi) is 3.45. The smallest absolute Gasteiger partial charge is 0.216 e. The first-order valence-corrected chi connectivity index (χ1v) is 10.4. The highest BCUT2D eigenvalue weighted by Gasteiger charge is 2.25. The first-order valence-electron chi connectivity index (χ1n) is 12.9. The largest absolute Gasteiger partial charge is 0.454 e. The Balaban J connectivity index is 1.97. The quantitative estimate of drug-likeness (QED) is 0.292. The second-order valence-electron chi connectivity index (χ2n) is 8.19. The fourth-order valence-electron chi connectivity index (χ4n) is 4.40. The van der Waals surface area contributed by atoms with Crippen molar-refractivity contribution in [2.24, 2.45) is 7.05 Å². The second kappa shape index (κ2) is 7.35. The van der Waals surface area contributed by atoms with Gasteiger partial charge in [0.05, 0.1) is 24.0 Å². The second-order valence-corrected chi connectivity index (χ2v) is 8.19. The van der Waals surface area contributed by atoms with Gasteiger partial charge in [0.25, 0.3) is 0 Å². The Labute approximate surface area is 195 Å². The van der Waals surface area contributed by atoms with Crippen molar-refractivity contribution >= 4 is 21.9 Å². The van der Waals surface area contributed by atoms with Gasteiger partial charge in [-0.3, -0.25) is 0 Å². The number of pyridine rings is 1. The predicted molar refractivity (Wildman–Crippen MR) is 129 cm³/mol. The number of furan rings is 1. The zero-order valence-corrected chi connectivity index (χ0v) is 18.7. The van der Waals surface area contributed by atoms with Gasteiger partial charge in [-0.25, -0.2) is 0 Å². The van der Waals surface area contributed by atoms with Gasteiger partial charge in [-0.2, -0.15) is 9.83 Å². The summed E-state index contributed by atoms with van der Waals surface area (Å²) in [6.45, 7) is 8.25. The van der Waals surface area contributed by atoms with Gasteiger partial charge < -0.3 is 4.42 Å². The molecule has 2 aromatic heterocycles. The maximum atomic E-state index is 9.94. The van der Waals surface area contributed by atoms with Gasteiger partial charge in [-0.05, 0) is 49.6 Å². The number of aromatic nitrogens is 1. The number of nitriles is 1. The monoisotopic (exact) mass is 422 g/mol. The lowest BCUT2D eigenvalue weighted by Crippen LogP contribution is -2.36. The number of benzene rings is 3. The van der Waals surface area contributed by atoms with E-state index in [9.17, 15) is 5.26 Å². The summed E-state index contributed by atoms with van der Waals surface area (Å²) in [5.74, 6) is 0. The molecule has 0 aliphatic heterocycles. The van der Waals surface area contributed by atoms with Crippen LogP contribution in [-0.2, 0) is 7.05 Å². The molecule has 5 rings (SSSR count). The van der Waals surface area contributed by atoms with Crippen molar-refractivity contribution in [3.05, 3.63) is 88.5 Å². The van der Waals surface area contributed by atoms with Crippen LogP contribution in [0.5, 0.6) is 0 Å². The zero-order chi connectivity index (χ0) is 26.9. The van der Waals surface area contributed by atoms with Gasteiger partial charge in [-0.1, -0.05) is 42.3 Å². The average molecular weight is 423 g/mol. The Morgan fingerprint density at radius 2 is 1.69 bits per heavy atom. The lowest BCUT2D eigenvalue weighted by Gasteiger charge is -2.10. The van der Waals surface area contributed by atoms with Crippen molar-refractivity contribution in [1.29, 1.82) is 5.26 Å². The summed E-state index contributed by atoms with van der Waals surface area (Å²) in [7, 11) is 2.01. The Bertz CT molecular complexity index is 1820. The highest BCUT2D eigenvalue weighted by Crippen LogP contribution is 2.42. The number of fused-ring (bicyclic) bond motifs is 3. The van der Waals surface area contributed by atoms with E-state index in [1.807, 2.05) is 26.1 Å². The average Bonchev–Trinajstić information content (AvgIpc) is 3.27. The summed E-state index contributed by atoms with van der Waals surface area (Å²) < 4.78 is 49.9. The van der Waals surface area contributed by atoms with E-state index in [-0.39, 0.29) is 17.6 Å². The summed E-state index contributed by atoms with van der Waals surface area (Å²) in [5, 5.41) is 11.2. The minimum absolute atomic E-state index is 0.0467. The normalized spacial score (nSPS) is 13.4. The first kappa shape index (κ1) is 15.0. The molecule has 0 N–H and O–H groups in total. The fraction of sp³-hybridized carbons (Fsp3) is 0.172. The minimum atomic E-state index is -0.455.